The van der Waals surface area contributed by atoms with Crippen LogP contribution in [0.1, 0.15) is 5.56 Å². The molecular formula is C22H16Cl2N2O4. The zero-order valence-electron chi connectivity index (χ0n) is 15.8. The molecule has 8 heteroatoms. The third-order valence-corrected chi connectivity index (χ3v) is 4.96. The van der Waals surface area contributed by atoms with Crippen molar-refractivity contribution in [1.29, 1.82) is 0 Å². The maximum absolute atomic E-state index is 12.3. The number of anilines is 2. The SMILES string of the molecule is COc1ccc2c(Nc3c(Cl)cncc3Cl)cc(=O)oc2c1OCc1ccccc1. The molecule has 0 aliphatic rings. The van der Waals surface area contributed by atoms with Gasteiger partial charge in [-0.1, -0.05) is 53.5 Å². The second kappa shape index (κ2) is 8.65. The van der Waals surface area contributed by atoms with Crippen molar-refractivity contribution in [2.75, 3.05) is 12.4 Å². The Morgan fingerprint density at radius 1 is 1.07 bits per heavy atom. The van der Waals surface area contributed by atoms with Crippen LogP contribution in [0.5, 0.6) is 11.5 Å². The molecule has 0 unspecified atom stereocenters. The lowest BCUT2D eigenvalue weighted by Gasteiger charge is -2.15. The Morgan fingerprint density at radius 2 is 1.80 bits per heavy atom. The molecule has 0 radical (unpaired) electrons. The average Bonchev–Trinajstić information content (AvgIpc) is 2.75. The molecular weight excluding hydrogens is 427 g/mol. The molecule has 0 aliphatic heterocycles. The van der Waals surface area contributed by atoms with E-state index in [0.717, 1.165) is 5.56 Å². The highest BCUT2D eigenvalue weighted by atomic mass is 35.5. The Labute approximate surface area is 182 Å². The van der Waals surface area contributed by atoms with Crippen molar-refractivity contribution in [3.05, 3.63) is 87.0 Å². The summed E-state index contributed by atoms with van der Waals surface area (Å²) in [6.07, 6.45) is 2.92. The molecule has 0 bridgehead atoms. The van der Waals surface area contributed by atoms with Gasteiger partial charge in [0.2, 0.25) is 5.75 Å². The minimum atomic E-state index is -0.566. The molecule has 30 heavy (non-hydrogen) atoms. The van der Waals surface area contributed by atoms with E-state index in [2.05, 4.69) is 10.3 Å². The number of benzene rings is 2. The summed E-state index contributed by atoms with van der Waals surface area (Å²) in [6, 6.07) is 14.5. The monoisotopic (exact) mass is 442 g/mol. The molecule has 0 atom stereocenters. The highest BCUT2D eigenvalue weighted by molar-refractivity contribution is 6.39. The highest BCUT2D eigenvalue weighted by Crippen LogP contribution is 2.40. The summed E-state index contributed by atoms with van der Waals surface area (Å²) in [5.74, 6) is 0.769. The minimum absolute atomic E-state index is 0.251. The number of halogens is 2. The number of nitrogens with zero attached hydrogens (tertiary/aromatic N) is 1. The second-order valence-electron chi connectivity index (χ2n) is 6.33. The van der Waals surface area contributed by atoms with Crippen LogP contribution in [-0.4, -0.2) is 12.1 Å². The molecule has 1 N–H and O–H groups in total. The van der Waals surface area contributed by atoms with Crippen LogP contribution in [0.25, 0.3) is 11.0 Å². The molecule has 4 aromatic rings. The van der Waals surface area contributed by atoms with Gasteiger partial charge in [-0.05, 0) is 17.7 Å². The van der Waals surface area contributed by atoms with Gasteiger partial charge >= 0.3 is 5.63 Å². The highest BCUT2D eigenvalue weighted by Gasteiger charge is 2.18. The number of methoxy groups -OCH3 is 1. The standard InChI is InChI=1S/C22H16Cl2N2O4/c1-28-18-8-7-14-17(26-20-15(23)10-25-11-16(20)24)9-19(27)30-21(14)22(18)29-12-13-5-3-2-4-6-13/h2-11H,12H2,1H3,(H,25,26). The van der Waals surface area contributed by atoms with Crippen molar-refractivity contribution < 1.29 is 13.9 Å². The normalized spacial score (nSPS) is 10.8. The average molecular weight is 443 g/mol. The zero-order chi connectivity index (χ0) is 21.1. The number of rotatable bonds is 6. The Bertz CT molecular complexity index is 1240. The van der Waals surface area contributed by atoms with Gasteiger partial charge in [-0.25, -0.2) is 4.79 Å². The van der Waals surface area contributed by atoms with E-state index in [0.29, 0.717) is 38.3 Å². The minimum Gasteiger partial charge on any atom is -0.493 e. The molecule has 2 aromatic carbocycles. The fraction of sp³-hybridized carbons (Fsp3) is 0.0909. The Morgan fingerprint density at radius 3 is 2.50 bits per heavy atom. The molecule has 4 rings (SSSR count). The topological polar surface area (TPSA) is 73.6 Å². The van der Waals surface area contributed by atoms with Gasteiger partial charge in [0.05, 0.1) is 28.5 Å². The molecule has 0 fully saturated rings. The summed E-state index contributed by atoms with van der Waals surface area (Å²) in [5, 5.41) is 4.34. The lowest BCUT2D eigenvalue weighted by Crippen LogP contribution is -2.04. The van der Waals surface area contributed by atoms with E-state index in [1.807, 2.05) is 30.3 Å². The van der Waals surface area contributed by atoms with E-state index >= 15 is 0 Å². The van der Waals surface area contributed by atoms with Gasteiger partial charge in [0.25, 0.3) is 0 Å². The molecule has 2 aromatic heterocycles. The Hall–Kier alpha value is -3.22. The van der Waals surface area contributed by atoms with Gasteiger partial charge in [-0.3, -0.25) is 4.98 Å². The van der Waals surface area contributed by atoms with Crippen molar-refractivity contribution in [3.63, 3.8) is 0 Å². The van der Waals surface area contributed by atoms with Crippen molar-refractivity contribution in [2.24, 2.45) is 0 Å². The van der Waals surface area contributed by atoms with Crippen molar-refractivity contribution >= 4 is 45.5 Å². The Balaban J connectivity index is 1.81. The van der Waals surface area contributed by atoms with Gasteiger partial charge in [0.15, 0.2) is 11.3 Å². The van der Waals surface area contributed by atoms with Crippen LogP contribution in [-0.2, 0) is 6.61 Å². The van der Waals surface area contributed by atoms with Gasteiger partial charge in [-0.15, -0.1) is 0 Å². The Kier molecular flexibility index (Phi) is 5.79. The number of fused-ring (bicyclic) bond motifs is 1. The summed E-state index contributed by atoms with van der Waals surface area (Å²) in [7, 11) is 1.52. The zero-order valence-corrected chi connectivity index (χ0v) is 17.3. The van der Waals surface area contributed by atoms with Crippen LogP contribution in [0.4, 0.5) is 11.4 Å². The first-order chi connectivity index (χ1) is 14.6. The smallest absolute Gasteiger partial charge is 0.338 e. The molecule has 0 aliphatic carbocycles. The molecule has 0 amide bonds. The van der Waals surface area contributed by atoms with Crippen LogP contribution in [0.3, 0.4) is 0 Å². The molecule has 6 nitrogen and oxygen atoms in total. The van der Waals surface area contributed by atoms with E-state index in [4.69, 9.17) is 37.1 Å². The summed E-state index contributed by atoms with van der Waals surface area (Å²) >= 11 is 12.4. The number of ether oxygens (including phenoxy) is 2. The largest absolute Gasteiger partial charge is 0.493 e. The lowest BCUT2D eigenvalue weighted by molar-refractivity contribution is 0.283. The van der Waals surface area contributed by atoms with E-state index in [1.54, 1.807) is 12.1 Å². The van der Waals surface area contributed by atoms with Gasteiger partial charge in [-0.2, -0.15) is 0 Å². The van der Waals surface area contributed by atoms with Crippen LogP contribution < -0.4 is 20.4 Å². The second-order valence-corrected chi connectivity index (χ2v) is 7.14. The fourth-order valence-electron chi connectivity index (χ4n) is 2.98. The lowest BCUT2D eigenvalue weighted by atomic mass is 10.1. The van der Waals surface area contributed by atoms with E-state index in [-0.39, 0.29) is 12.2 Å². The van der Waals surface area contributed by atoms with Crippen LogP contribution in [0, 0.1) is 0 Å². The van der Waals surface area contributed by atoms with Crippen molar-refractivity contribution in [2.45, 2.75) is 6.61 Å². The third kappa shape index (κ3) is 4.06. The summed E-state index contributed by atoms with van der Waals surface area (Å²) in [5.41, 5.74) is 1.54. The molecule has 0 saturated heterocycles. The number of hydrogen-bond acceptors (Lipinski definition) is 6. The van der Waals surface area contributed by atoms with E-state index < -0.39 is 5.63 Å². The predicted molar refractivity (Wildman–Crippen MR) is 117 cm³/mol. The van der Waals surface area contributed by atoms with Crippen LogP contribution >= 0.6 is 23.2 Å². The van der Waals surface area contributed by atoms with Crippen LogP contribution in [0.2, 0.25) is 10.0 Å². The quantitative estimate of drug-likeness (QED) is 0.378. The van der Waals surface area contributed by atoms with E-state index in [9.17, 15) is 4.79 Å². The van der Waals surface area contributed by atoms with E-state index in [1.165, 1.54) is 25.6 Å². The number of aromatic nitrogens is 1. The maximum Gasteiger partial charge on any atom is 0.338 e. The van der Waals surface area contributed by atoms with Crippen molar-refractivity contribution in [3.8, 4) is 11.5 Å². The predicted octanol–water partition coefficient (Wildman–Crippen LogP) is 5.83. The fourth-order valence-corrected chi connectivity index (χ4v) is 3.44. The van der Waals surface area contributed by atoms with Gasteiger partial charge in [0.1, 0.15) is 6.61 Å². The summed E-state index contributed by atoms with van der Waals surface area (Å²) in [6.45, 7) is 0.277. The third-order valence-electron chi connectivity index (χ3n) is 4.39. The number of hydrogen-bond donors (Lipinski definition) is 1. The summed E-state index contributed by atoms with van der Waals surface area (Å²) in [4.78, 5) is 16.2. The summed E-state index contributed by atoms with van der Waals surface area (Å²) < 4.78 is 16.9. The number of pyridine rings is 1. The molecule has 0 saturated carbocycles. The number of nitrogens with one attached hydrogen (secondary N) is 1. The maximum atomic E-state index is 12.3. The first-order valence-corrected chi connectivity index (χ1v) is 9.70. The van der Waals surface area contributed by atoms with Crippen molar-refractivity contribution in [1.82, 2.24) is 4.98 Å². The van der Waals surface area contributed by atoms with Crippen LogP contribution in [0.15, 0.2) is 70.1 Å². The molecule has 2 heterocycles. The van der Waals surface area contributed by atoms with Gasteiger partial charge < -0.3 is 19.2 Å². The molecule has 152 valence electrons. The molecule has 0 spiro atoms. The first-order valence-electron chi connectivity index (χ1n) is 8.94. The first kappa shape index (κ1) is 20.1. The van der Waals surface area contributed by atoms with Gasteiger partial charge in [0, 0.05) is 23.8 Å².